The van der Waals surface area contributed by atoms with E-state index in [2.05, 4.69) is 46.0 Å². The van der Waals surface area contributed by atoms with E-state index in [1.54, 1.807) is 36.8 Å². The monoisotopic (exact) mass is 517 g/mol. The molecule has 0 fully saturated rings. The lowest BCUT2D eigenvalue weighted by Gasteiger charge is -2.32. The van der Waals surface area contributed by atoms with Gasteiger partial charge in [0.25, 0.3) is 0 Å². The Morgan fingerprint density at radius 2 is 2.05 bits per heavy atom. The molecule has 4 rings (SSSR count). The molecule has 1 atom stereocenters. The molecular formula is C29H32ClN5O2. The van der Waals surface area contributed by atoms with E-state index in [0.717, 1.165) is 36.2 Å². The smallest absolute Gasteiger partial charge is 0.219 e. The molecule has 3 N–H and O–H groups in total. The first kappa shape index (κ1) is 26.2. The lowest BCUT2D eigenvalue weighted by Crippen LogP contribution is -2.34. The van der Waals surface area contributed by atoms with Gasteiger partial charge in [0, 0.05) is 42.7 Å². The fourth-order valence-corrected chi connectivity index (χ4v) is 4.81. The first-order chi connectivity index (χ1) is 17.8. The number of rotatable bonds is 11. The Labute approximate surface area is 222 Å². The molecule has 3 heterocycles. The number of carbonyl (C=O) groups is 1. The van der Waals surface area contributed by atoms with E-state index in [1.165, 1.54) is 0 Å². The van der Waals surface area contributed by atoms with E-state index < -0.39 is 0 Å². The Morgan fingerprint density at radius 3 is 2.73 bits per heavy atom. The molecule has 0 saturated carbocycles. The largest absolute Gasteiger partial charge is 0.439 e. The molecule has 0 aliphatic carbocycles. The summed E-state index contributed by atoms with van der Waals surface area (Å²) in [4.78, 5) is 25.7. The van der Waals surface area contributed by atoms with Gasteiger partial charge in [-0.1, -0.05) is 31.0 Å². The zero-order valence-corrected chi connectivity index (χ0v) is 22.4. The second kappa shape index (κ2) is 11.0. The number of H-pyrrole nitrogens is 1. The van der Waals surface area contributed by atoms with Gasteiger partial charge in [-0.25, -0.2) is 9.97 Å². The molecule has 1 aromatic carbocycles. The van der Waals surface area contributed by atoms with Crippen molar-refractivity contribution in [3.8, 4) is 11.6 Å². The van der Waals surface area contributed by atoms with E-state index >= 15 is 0 Å². The minimum Gasteiger partial charge on any atom is -0.439 e. The van der Waals surface area contributed by atoms with Crippen LogP contribution in [0.15, 0.2) is 61.6 Å². The van der Waals surface area contributed by atoms with Crippen molar-refractivity contribution in [2.75, 3.05) is 17.7 Å². The highest BCUT2D eigenvalue weighted by atomic mass is 35.5. The van der Waals surface area contributed by atoms with Crippen LogP contribution in [0, 0.1) is 6.92 Å². The third-order valence-electron chi connectivity index (χ3n) is 6.34. The molecule has 1 unspecified atom stereocenters. The number of hydrogen-bond acceptors (Lipinski definition) is 6. The Bertz CT molecular complexity index is 1450. The highest BCUT2D eigenvalue weighted by molar-refractivity contribution is 6.36. The maximum atomic E-state index is 13.8. The van der Waals surface area contributed by atoms with E-state index in [1.807, 2.05) is 32.2 Å². The quantitative estimate of drug-likeness (QED) is 0.141. The number of ketones is 1. The van der Waals surface area contributed by atoms with Crippen LogP contribution in [0.4, 0.5) is 11.4 Å². The molecule has 0 radical (unpaired) electrons. The van der Waals surface area contributed by atoms with Gasteiger partial charge >= 0.3 is 0 Å². The standard InChI is InChI=1S/C29H32ClN5O2/c1-6-11-29(4,12-7-2)35-26-23(31-5)17-34-28-25(26)21(16-33-28)27(36)20-9-8-19(15-22(20)30)37-24-14-18(3)10-13-32-24/h6,8-10,13-17,31H,1,7,11-12H2,2-5H3,(H2,33,34,35). The number of halogens is 1. The first-order valence-corrected chi connectivity index (χ1v) is 12.7. The molecule has 0 bridgehead atoms. The summed E-state index contributed by atoms with van der Waals surface area (Å²) in [5.74, 6) is 0.748. The third kappa shape index (κ3) is 5.62. The third-order valence-corrected chi connectivity index (χ3v) is 6.65. The number of pyridine rings is 2. The van der Waals surface area contributed by atoms with Crippen LogP contribution in [-0.2, 0) is 0 Å². The number of carbonyl (C=O) groups excluding carboxylic acids is 1. The molecule has 8 heteroatoms. The van der Waals surface area contributed by atoms with Gasteiger partial charge in [0.1, 0.15) is 11.4 Å². The molecule has 37 heavy (non-hydrogen) atoms. The average Bonchev–Trinajstić information content (AvgIpc) is 3.29. The number of anilines is 2. The van der Waals surface area contributed by atoms with E-state index in [4.69, 9.17) is 16.3 Å². The maximum Gasteiger partial charge on any atom is 0.219 e. The lowest BCUT2D eigenvalue weighted by molar-refractivity contribution is 0.104. The summed E-state index contributed by atoms with van der Waals surface area (Å²) in [6, 6.07) is 8.75. The van der Waals surface area contributed by atoms with E-state index in [9.17, 15) is 4.79 Å². The first-order valence-electron chi connectivity index (χ1n) is 12.3. The van der Waals surface area contributed by atoms with Crippen molar-refractivity contribution in [3.63, 3.8) is 0 Å². The minimum absolute atomic E-state index is 0.213. The van der Waals surface area contributed by atoms with E-state index in [-0.39, 0.29) is 11.3 Å². The predicted octanol–water partition coefficient (Wildman–Crippen LogP) is 7.53. The second-order valence-electron chi connectivity index (χ2n) is 9.40. The fraction of sp³-hybridized carbons (Fsp3) is 0.276. The van der Waals surface area contributed by atoms with Crippen LogP contribution in [0.5, 0.6) is 11.6 Å². The molecule has 4 aromatic rings. The number of fused-ring (bicyclic) bond motifs is 1. The van der Waals surface area contributed by atoms with Gasteiger partial charge < -0.3 is 20.4 Å². The summed E-state index contributed by atoms with van der Waals surface area (Å²) < 4.78 is 5.84. The van der Waals surface area contributed by atoms with Gasteiger partial charge in [-0.05, 0) is 50.5 Å². The second-order valence-corrected chi connectivity index (χ2v) is 9.80. The van der Waals surface area contributed by atoms with Gasteiger partial charge in [0.05, 0.1) is 33.5 Å². The Morgan fingerprint density at radius 1 is 1.24 bits per heavy atom. The number of nitrogens with one attached hydrogen (secondary N) is 3. The molecule has 0 saturated heterocycles. The van der Waals surface area contributed by atoms with Crippen LogP contribution in [-0.4, -0.2) is 33.3 Å². The summed E-state index contributed by atoms with van der Waals surface area (Å²) in [5, 5.41) is 7.92. The van der Waals surface area contributed by atoms with Crippen molar-refractivity contribution in [1.82, 2.24) is 15.0 Å². The number of nitrogens with zero attached hydrogens (tertiary/aromatic N) is 2. The van der Waals surface area contributed by atoms with Gasteiger partial charge in [0.15, 0.2) is 5.78 Å². The molecule has 0 spiro atoms. The predicted molar refractivity (Wildman–Crippen MR) is 151 cm³/mol. The minimum atomic E-state index is -0.242. The topological polar surface area (TPSA) is 91.9 Å². The summed E-state index contributed by atoms with van der Waals surface area (Å²) >= 11 is 6.59. The van der Waals surface area contributed by atoms with Crippen molar-refractivity contribution >= 4 is 39.8 Å². The van der Waals surface area contributed by atoms with Crippen LogP contribution in [0.25, 0.3) is 11.0 Å². The van der Waals surface area contributed by atoms with Crippen molar-refractivity contribution in [2.24, 2.45) is 0 Å². The molecule has 0 amide bonds. The zero-order chi connectivity index (χ0) is 26.6. The zero-order valence-electron chi connectivity index (χ0n) is 21.6. The number of aryl methyl sites for hydroxylation is 1. The maximum absolute atomic E-state index is 13.8. The van der Waals surface area contributed by atoms with Crippen molar-refractivity contribution in [3.05, 3.63) is 83.3 Å². The molecule has 0 aliphatic heterocycles. The van der Waals surface area contributed by atoms with E-state index in [0.29, 0.717) is 38.8 Å². The summed E-state index contributed by atoms with van der Waals surface area (Å²) in [5.41, 5.74) is 3.87. The van der Waals surface area contributed by atoms with Gasteiger partial charge in [-0.2, -0.15) is 0 Å². The number of aromatic amines is 1. The van der Waals surface area contributed by atoms with Gasteiger partial charge in [-0.3, -0.25) is 4.79 Å². The fourth-order valence-electron chi connectivity index (χ4n) is 4.56. The van der Waals surface area contributed by atoms with Crippen LogP contribution < -0.4 is 15.4 Å². The number of benzene rings is 1. The van der Waals surface area contributed by atoms with Crippen LogP contribution in [0.1, 0.15) is 54.6 Å². The van der Waals surface area contributed by atoms with Crippen LogP contribution >= 0.6 is 11.6 Å². The van der Waals surface area contributed by atoms with Crippen molar-refractivity contribution < 1.29 is 9.53 Å². The summed E-state index contributed by atoms with van der Waals surface area (Å²) in [6.07, 6.45) is 9.75. The molecular weight excluding hydrogens is 486 g/mol. The molecule has 0 aliphatic rings. The van der Waals surface area contributed by atoms with Crippen molar-refractivity contribution in [2.45, 2.75) is 45.6 Å². The van der Waals surface area contributed by atoms with Crippen LogP contribution in [0.3, 0.4) is 0 Å². The number of ether oxygens (including phenoxy) is 1. The summed E-state index contributed by atoms with van der Waals surface area (Å²) in [6.45, 7) is 10.2. The Hall–Kier alpha value is -3.84. The highest BCUT2D eigenvalue weighted by Gasteiger charge is 2.27. The lowest BCUT2D eigenvalue weighted by atomic mass is 9.91. The summed E-state index contributed by atoms with van der Waals surface area (Å²) in [7, 11) is 1.84. The number of hydrogen-bond donors (Lipinski definition) is 3. The SMILES string of the molecule is C=CCC(C)(CCC)Nc1c(NC)cnc2[nH]cc(C(=O)c3ccc(Oc4cc(C)ccn4)cc3Cl)c12. The highest BCUT2D eigenvalue weighted by Crippen LogP contribution is 2.38. The average molecular weight is 518 g/mol. The van der Waals surface area contributed by atoms with Crippen LogP contribution in [0.2, 0.25) is 5.02 Å². The molecule has 3 aromatic heterocycles. The Balaban J connectivity index is 1.73. The van der Waals surface area contributed by atoms with Crippen molar-refractivity contribution in [1.29, 1.82) is 0 Å². The Kier molecular flexibility index (Phi) is 7.83. The molecule has 192 valence electrons. The number of aromatic nitrogens is 3. The normalized spacial score (nSPS) is 12.7. The van der Waals surface area contributed by atoms with Gasteiger partial charge in [0.2, 0.25) is 5.88 Å². The molecule has 7 nitrogen and oxygen atoms in total. The van der Waals surface area contributed by atoms with Gasteiger partial charge in [-0.15, -0.1) is 6.58 Å².